The van der Waals surface area contributed by atoms with Gasteiger partial charge in [0.15, 0.2) is 0 Å². The molecule has 130 valence electrons. The van der Waals surface area contributed by atoms with Crippen molar-refractivity contribution in [1.82, 2.24) is 10.2 Å². The molecule has 23 heavy (non-hydrogen) atoms. The van der Waals surface area contributed by atoms with Gasteiger partial charge in [0.05, 0.1) is 18.7 Å². The van der Waals surface area contributed by atoms with E-state index < -0.39 is 5.60 Å². The predicted molar refractivity (Wildman–Crippen MR) is 96.3 cm³/mol. The van der Waals surface area contributed by atoms with E-state index in [1.54, 1.807) is 12.0 Å². The SMILES string of the molecule is CO[C@H]1CN(C(=O)OC(C)(C)C)CC1NCc1cc(Br)c(Cl)s1. The lowest BCUT2D eigenvalue weighted by Crippen LogP contribution is -2.40. The molecule has 0 aromatic carbocycles. The van der Waals surface area contributed by atoms with E-state index in [2.05, 4.69) is 21.2 Å². The molecular weight excluding hydrogens is 404 g/mol. The Balaban J connectivity index is 1.92. The number of ether oxygens (including phenoxy) is 2. The molecule has 0 aliphatic carbocycles. The zero-order chi connectivity index (χ0) is 17.2. The van der Waals surface area contributed by atoms with Gasteiger partial charge in [0, 0.05) is 29.5 Å². The summed E-state index contributed by atoms with van der Waals surface area (Å²) in [7, 11) is 1.66. The molecule has 1 unspecified atom stereocenters. The third-order valence-electron chi connectivity index (χ3n) is 3.46. The number of methoxy groups -OCH3 is 1. The summed E-state index contributed by atoms with van der Waals surface area (Å²) in [4.78, 5) is 15.0. The Morgan fingerprint density at radius 2 is 2.22 bits per heavy atom. The average molecular weight is 426 g/mol. The second-order valence-electron chi connectivity index (χ2n) is 6.48. The van der Waals surface area contributed by atoms with Gasteiger partial charge in [-0.05, 0) is 42.8 Å². The largest absolute Gasteiger partial charge is 0.444 e. The first-order valence-electron chi connectivity index (χ1n) is 7.37. The van der Waals surface area contributed by atoms with E-state index in [0.29, 0.717) is 19.6 Å². The third-order valence-corrected chi connectivity index (χ3v) is 5.93. The highest BCUT2D eigenvalue weighted by Gasteiger charge is 2.37. The average Bonchev–Trinajstić information content (AvgIpc) is 2.98. The van der Waals surface area contributed by atoms with Gasteiger partial charge in [0.25, 0.3) is 0 Å². The maximum absolute atomic E-state index is 12.2. The number of halogens is 2. The van der Waals surface area contributed by atoms with Crippen molar-refractivity contribution in [1.29, 1.82) is 0 Å². The van der Waals surface area contributed by atoms with Gasteiger partial charge in [0.1, 0.15) is 9.94 Å². The highest BCUT2D eigenvalue weighted by Crippen LogP contribution is 2.32. The van der Waals surface area contributed by atoms with Gasteiger partial charge in [-0.25, -0.2) is 4.79 Å². The molecule has 8 heteroatoms. The Hall–Kier alpha value is -0.340. The molecule has 1 aromatic heterocycles. The summed E-state index contributed by atoms with van der Waals surface area (Å²) in [5, 5.41) is 3.44. The molecular formula is C15H22BrClN2O3S. The first kappa shape index (κ1) is 19.0. The first-order valence-corrected chi connectivity index (χ1v) is 9.36. The quantitative estimate of drug-likeness (QED) is 0.795. The topological polar surface area (TPSA) is 50.8 Å². The molecule has 0 bridgehead atoms. The molecule has 1 fully saturated rings. The van der Waals surface area contributed by atoms with E-state index in [9.17, 15) is 4.79 Å². The van der Waals surface area contributed by atoms with Gasteiger partial charge in [-0.2, -0.15) is 0 Å². The van der Waals surface area contributed by atoms with Crippen molar-refractivity contribution in [3.05, 3.63) is 19.8 Å². The van der Waals surface area contributed by atoms with E-state index in [4.69, 9.17) is 21.1 Å². The standard InChI is InChI=1S/C15H22BrClN2O3S/c1-15(2,3)22-14(20)19-7-11(12(8-19)21-4)18-6-9-5-10(16)13(17)23-9/h5,11-12,18H,6-8H2,1-4H3/t11?,12-/m0/s1. The van der Waals surface area contributed by atoms with Crippen LogP contribution in [0.2, 0.25) is 4.34 Å². The van der Waals surface area contributed by atoms with E-state index in [-0.39, 0.29) is 18.2 Å². The summed E-state index contributed by atoms with van der Waals surface area (Å²) in [6.45, 7) is 7.36. The molecule has 0 radical (unpaired) electrons. The van der Waals surface area contributed by atoms with Gasteiger partial charge < -0.3 is 19.7 Å². The molecule has 2 heterocycles. The van der Waals surface area contributed by atoms with Crippen LogP contribution in [-0.2, 0) is 16.0 Å². The van der Waals surface area contributed by atoms with Gasteiger partial charge in [-0.1, -0.05) is 11.6 Å². The normalized spacial score (nSPS) is 21.7. The fourth-order valence-electron chi connectivity index (χ4n) is 2.39. The summed E-state index contributed by atoms with van der Waals surface area (Å²) in [6.07, 6.45) is -0.354. The van der Waals surface area contributed by atoms with Gasteiger partial charge in [-0.3, -0.25) is 0 Å². The Labute approximate surface area is 154 Å². The Morgan fingerprint density at radius 3 is 2.74 bits per heavy atom. The Morgan fingerprint density at radius 1 is 1.52 bits per heavy atom. The molecule has 5 nitrogen and oxygen atoms in total. The fraction of sp³-hybridized carbons (Fsp3) is 0.667. The molecule has 1 aliphatic heterocycles. The minimum atomic E-state index is -0.495. The first-order chi connectivity index (χ1) is 10.7. The maximum atomic E-state index is 12.2. The van der Waals surface area contributed by atoms with Gasteiger partial charge >= 0.3 is 6.09 Å². The van der Waals surface area contributed by atoms with Crippen molar-refractivity contribution in [2.24, 2.45) is 0 Å². The van der Waals surface area contributed by atoms with E-state index in [0.717, 1.165) is 13.7 Å². The van der Waals surface area contributed by atoms with Crippen LogP contribution in [0.1, 0.15) is 25.6 Å². The van der Waals surface area contributed by atoms with Crippen LogP contribution in [0, 0.1) is 0 Å². The number of hydrogen-bond donors (Lipinski definition) is 1. The van der Waals surface area contributed by atoms with Crippen LogP contribution in [0.25, 0.3) is 0 Å². The molecule has 0 saturated carbocycles. The van der Waals surface area contributed by atoms with Crippen molar-refractivity contribution < 1.29 is 14.3 Å². The van der Waals surface area contributed by atoms with Crippen LogP contribution in [0.3, 0.4) is 0 Å². The minimum Gasteiger partial charge on any atom is -0.444 e. The molecule has 0 spiro atoms. The third kappa shape index (κ3) is 5.32. The van der Waals surface area contributed by atoms with Crippen molar-refractivity contribution in [3.8, 4) is 0 Å². The smallest absolute Gasteiger partial charge is 0.410 e. The fourth-order valence-corrected chi connectivity index (χ4v) is 4.14. The van der Waals surface area contributed by atoms with E-state index in [1.807, 2.05) is 26.8 Å². The van der Waals surface area contributed by atoms with Crippen LogP contribution < -0.4 is 5.32 Å². The summed E-state index contributed by atoms with van der Waals surface area (Å²) < 4.78 is 12.6. The Kier molecular flexibility index (Phi) is 6.35. The highest BCUT2D eigenvalue weighted by atomic mass is 79.9. The monoisotopic (exact) mass is 424 g/mol. The summed E-state index contributed by atoms with van der Waals surface area (Å²) >= 11 is 11.0. The van der Waals surface area contributed by atoms with Crippen molar-refractivity contribution in [3.63, 3.8) is 0 Å². The maximum Gasteiger partial charge on any atom is 0.410 e. The number of hydrogen-bond acceptors (Lipinski definition) is 5. The summed E-state index contributed by atoms with van der Waals surface area (Å²) in [5.74, 6) is 0. The Bertz CT molecular complexity index is 542. The minimum absolute atomic E-state index is 0.0543. The second-order valence-corrected chi connectivity index (χ2v) is 9.07. The highest BCUT2D eigenvalue weighted by molar-refractivity contribution is 9.10. The van der Waals surface area contributed by atoms with Crippen LogP contribution in [0.4, 0.5) is 4.79 Å². The molecule has 1 saturated heterocycles. The number of thiophene rings is 1. The number of likely N-dealkylation sites (tertiary alicyclic amines) is 1. The van der Waals surface area contributed by atoms with Gasteiger partial charge in [0.2, 0.25) is 0 Å². The molecule has 2 atom stereocenters. The van der Waals surface area contributed by atoms with E-state index >= 15 is 0 Å². The summed E-state index contributed by atoms with van der Waals surface area (Å²) in [6, 6.07) is 2.06. The number of amides is 1. The molecule has 1 aromatic rings. The molecule has 2 rings (SSSR count). The zero-order valence-electron chi connectivity index (χ0n) is 13.7. The van der Waals surface area contributed by atoms with Crippen molar-refractivity contribution >= 4 is 45.0 Å². The lowest BCUT2D eigenvalue weighted by Gasteiger charge is -2.24. The van der Waals surface area contributed by atoms with Crippen molar-refractivity contribution in [2.75, 3.05) is 20.2 Å². The number of nitrogens with one attached hydrogen (secondary N) is 1. The number of carbonyl (C=O) groups is 1. The predicted octanol–water partition coefficient (Wildman–Crippen LogP) is 3.89. The number of rotatable bonds is 4. The number of nitrogens with zero attached hydrogens (tertiary/aromatic N) is 1. The summed E-state index contributed by atoms with van der Waals surface area (Å²) in [5.41, 5.74) is -0.495. The zero-order valence-corrected chi connectivity index (χ0v) is 16.8. The molecule has 1 N–H and O–H groups in total. The second kappa shape index (κ2) is 7.70. The van der Waals surface area contributed by atoms with Crippen LogP contribution >= 0.6 is 38.9 Å². The lowest BCUT2D eigenvalue weighted by molar-refractivity contribution is 0.0252. The number of carbonyl (C=O) groups excluding carboxylic acids is 1. The van der Waals surface area contributed by atoms with Crippen LogP contribution in [0.15, 0.2) is 10.5 Å². The molecule has 1 amide bonds. The van der Waals surface area contributed by atoms with Crippen LogP contribution in [-0.4, -0.2) is 48.9 Å². The lowest BCUT2D eigenvalue weighted by atomic mass is 10.2. The molecule has 1 aliphatic rings. The van der Waals surface area contributed by atoms with Crippen molar-refractivity contribution in [2.45, 2.75) is 45.1 Å². The van der Waals surface area contributed by atoms with E-state index in [1.165, 1.54) is 11.3 Å². The van der Waals surface area contributed by atoms with Gasteiger partial charge in [-0.15, -0.1) is 11.3 Å². The van der Waals surface area contributed by atoms with Crippen LogP contribution in [0.5, 0.6) is 0 Å².